The molecule has 0 saturated heterocycles. The van der Waals surface area contributed by atoms with E-state index in [9.17, 15) is 9.59 Å². The van der Waals surface area contributed by atoms with Crippen LogP contribution in [0.3, 0.4) is 0 Å². The summed E-state index contributed by atoms with van der Waals surface area (Å²) >= 11 is 0. The van der Waals surface area contributed by atoms with Gasteiger partial charge in [0.05, 0.1) is 0 Å². The van der Waals surface area contributed by atoms with E-state index >= 15 is 0 Å². The normalized spacial score (nSPS) is 19.9. The van der Waals surface area contributed by atoms with Gasteiger partial charge < -0.3 is 20.5 Å². The zero-order valence-electron chi connectivity index (χ0n) is 18.4. The van der Waals surface area contributed by atoms with Gasteiger partial charge in [0.25, 0.3) is 0 Å². The Bertz CT molecular complexity index is 434. The highest BCUT2D eigenvalue weighted by atomic mass is 16.6. The number of carbonyl (C=O) groups excluding carboxylic acids is 1. The highest BCUT2D eigenvalue weighted by molar-refractivity contribution is 5.79. The maximum absolute atomic E-state index is 11.3. The fourth-order valence-electron chi connectivity index (χ4n) is 3.87. The molecule has 0 aromatic heterocycles. The predicted molar refractivity (Wildman–Crippen MR) is 113 cm³/mol. The second-order valence-corrected chi connectivity index (χ2v) is 9.16. The van der Waals surface area contributed by atoms with Gasteiger partial charge >= 0.3 is 12.1 Å². The number of ether oxygens (including phenoxy) is 1. The van der Waals surface area contributed by atoms with Crippen molar-refractivity contribution in [3.05, 3.63) is 0 Å². The molecule has 3 N–H and O–H groups in total. The third-order valence-corrected chi connectivity index (χ3v) is 5.25. The number of carboxylic acid groups (broad SMARTS) is 1. The fraction of sp³-hybridized carbons (Fsp3) is 0.909. The predicted octanol–water partition coefficient (Wildman–Crippen LogP) is 5.01. The van der Waals surface area contributed by atoms with Crippen LogP contribution in [0.5, 0.6) is 0 Å². The van der Waals surface area contributed by atoms with Crippen LogP contribution in [0, 0.1) is 0 Å². The largest absolute Gasteiger partial charge is 0.480 e. The molecule has 0 aromatic rings. The number of rotatable bonds is 6. The minimum absolute atomic E-state index is 0.397. The molecule has 1 atom stereocenters. The maximum Gasteiger partial charge on any atom is 0.408 e. The van der Waals surface area contributed by atoms with Crippen molar-refractivity contribution >= 4 is 12.1 Å². The lowest BCUT2D eigenvalue weighted by atomic mass is 9.91. The fourth-order valence-corrected chi connectivity index (χ4v) is 3.87. The quantitative estimate of drug-likeness (QED) is 0.585. The van der Waals surface area contributed by atoms with Gasteiger partial charge in [-0.2, -0.15) is 0 Å². The third-order valence-electron chi connectivity index (χ3n) is 5.25. The highest BCUT2D eigenvalue weighted by Crippen LogP contribution is 2.22. The molecule has 0 bridgehead atoms. The summed E-state index contributed by atoms with van der Waals surface area (Å²) in [4.78, 5) is 22.0. The molecule has 0 aliphatic heterocycles. The van der Waals surface area contributed by atoms with Gasteiger partial charge in [0.2, 0.25) is 0 Å². The van der Waals surface area contributed by atoms with Crippen LogP contribution in [0.4, 0.5) is 4.79 Å². The molecule has 164 valence electrons. The Kier molecular flexibility index (Phi) is 11.5. The number of alkyl carbamates (subject to hydrolysis) is 1. The molecule has 1 amide bonds. The number of carboxylic acids is 1. The van der Waals surface area contributed by atoms with Crippen LogP contribution < -0.4 is 10.6 Å². The second kappa shape index (κ2) is 13.0. The number of hydrogen-bond acceptors (Lipinski definition) is 4. The smallest absolute Gasteiger partial charge is 0.408 e. The van der Waals surface area contributed by atoms with Crippen molar-refractivity contribution in [3.63, 3.8) is 0 Å². The summed E-state index contributed by atoms with van der Waals surface area (Å²) in [6.45, 7) is 7.03. The van der Waals surface area contributed by atoms with E-state index in [2.05, 4.69) is 10.6 Å². The van der Waals surface area contributed by atoms with E-state index in [1.165, 1.54) is 64.2 Å². The Morgan fingerprint density at radius 3 is 1.79 bits per heavy atom. The van der Waals surface area contributed by atoms with Gasteiger partial charge in [-0.15, -0.1) is 0 Å². The van der Waals surface area contributed by atoms with Gasteiger partial charge in [-0.05, 0) is 52.9 Å². The zero-order valence-corrected chi connectivity index (χ0v) is 18.4. The number of carbonyl (C=O) groups is 2. The van der Waals surface area contributed by atoms with Crippen molar-refractivity contribution in [3.8, 4) is 0 Å². The molecule has 6 nitrogen and oxygen atoms in total. The van der Waals surface area contributed by atoms with E-state index in [1.807, 2.05) is 6.92 Å². The maximum atomic E-state index is 11.3. The van der Waals surface area contributed by atoms with Gasteiger partial charge in [0, 0.05) is 12.1 Å². The van der Waals surface area contributed by atoms with Crippen molar-refractivity contribution in [2.45, 2.75) is 128 Å². The lowest BCUT2D eigenvalue weighted by molar-refractivity contribution is -0.139. The molecule has 0 radical (unpaired) electrons. The summed E-state index contributed by atoms with van der Waals surface area (Å²) in [5.41, 5.74) is -0.612. The van der Waals surface area contributed by atoms with Crippen molar-refractivity contribution < 1.29 is 19.4 Å². The first-order valence-electron chi connectivity index (χ1n) is 11.2. The van der Waals surface area contributed by atoms with Gasteiger partial charge in [-0.1, -0.05) is 51.9 Å². The van der Waals surface area contributed by atoms with Crippen LogP contribution in [0.1, 0.15) is 105 Å². The van der Waals surface area contributed by atoms with Crippen molar-refractivity contribution in [1.82, 2.24) is 10.6 Å². The second-order valence-electron chi connectivity index (χ2n) is 9.16. The van der Waals surface area contributed by atoms with Gasteiger partial charge in [-0.3, -0.25) is 0 Å². The summed E-state index contributed by atoms with van der Waals surface area (Å²) in [5, 5.41) is 15.0. The van der Waals surface area contributed by atoms with Gasteiger partial charge in [0.1, 0.15) is 11.6 Å². The number of hydrogen-bond donors (Lipinski definition) is 3. The topological polar surface area (TPSA) is 87.7 Å². The van der Waals surface area contributed by atoms with Crippen LogP contribution in [0.2, 0.25) is 0 Å². The summed E-state index contributed by atoms with van der Waals surface area (Å²) in [6, 6.07) is 0.874. The monoisotopic (exact) mass is 398 g/mol. The van der Waals surface area contributed by atoms with E-state index in [1.54, 1.807) is 20.8 Å². The summed E-state index contributed by atoms with van der Waals surface area (Å²) in [5.74, 6) is -1.04. The number of aliphatic carboxylic acids is 1. The molecule has 28 heavy (non-hydrogen) atoms. The molecule has 0 spiro atoms. The Morgan fingerprint density at radius 2 is 1.43 bits per heavy atom. The van der Waals surface area contributed by atoms with E-state index in [-0.39, 0.29) is 0 Å². The Balaban J connectivity index is 0.000000281. The van der Waals surface area contributed by atoms with Gasteiger partial charge in [0.15, 0.2) is 0 Å². The van der Waals surface area contributed by atoms with E-state index in [0.717, 1.165) is 12.1 Å². The highest BCUT2D eigenvalue weighted by Gasteiger charge is 2.23. The van der Waals surface area contributed by atoms with Crippen LogP contribution in [0.15, 0.2) is 0 Å². The molecular formula is C22H42N2O4. The first-order chi connectivity index (χ1) is 13.2. The lowest BCUT2D eigenvalue weighted by Crippen LogP contribution is -2.43. The van der Waals surface area contributed by atoms with Crippen molar-refractivity contribution in [2.24, 2.45) is 0 Å². The van der Waals surface area contributed by atoms with Gasteiger partial charge in [-0.25, -0.2) is 9.59 Å². The number of amides is 1. The first kappa shape index (κ1) is 24.7. The molecule has 1 unspecified atom stereocenters. The summed E-state index contributed by atoms with van der Waals surface area (Å²) in [7, 11) is 0. The van der Waals surface area contributed by atoms with E-state index < -0.39 is 23.7 Å². The standard InChI is InChI=1S/C12H23N.C10H19NO4/c1-3-7-11(8-4-1)13-12-9-5-2-6-10-12;1-5-6-7(8(12)13)11-9(14)15-10(2,3)4/h11-13H,1-10H2;7H,5-6H2,1-4H3,(H,11,14)(H,12,13). The minimum atomic E-state index is -1.04. The molecule has 0 aromatic carbocycles. The van der Waals surface area contributed by atoms with Crippen molar-refractivity contribution in [2.75, 3.05) is 0 Å². The Morgan fingerprint density at radius 1 is 0.964 bits per heavy atom. The molecule has 0 heterocycles. The zero-order chi connectivity index (χ0) is 21.0. The number of nitrogens with one attached hydrogen (secondary N) is 2. The average molecular weight is 399 g/mol. The molecule has 2 rings (SSSR count). The molecule has 2 aliphatic carbocycles. The Hall–Kier alpha value is -1.30. The minimum Gasteiger partial charge on any atom is -0.480 e. The average Bonchev–Trinajstić information content (AvgIpc) is 2.62. The first-order valence-corrected chi connectivity index (χ1v) is 11.2. The molecule has 2 fully saturated rings. The molecule has 2 saturated carbocycles. The van der Waals surface area contributed by atoms with Crippen LogP contribution in [-0.2, 0) is 9.53 Å². The SMILES string of the molecule is C1CCC(NC2CCCCC2)CC1.CCCC(NC(=O)OC(C)(C)C)C(=O)O. The van der Waals surface area contributed by atoms with E-state index in [0.29, 0.717) is 12.8 Å². The third kappa shape index (κ3) is 11.5. The Labute approximate surface area is 171 Å². The van der Waals surface area contributed by atoms with Crippen LogP contribution >= 0.6 is 0 Å². The molecule has 2 aliphatic rings. The van der Waals surface area contributed by atoms with Crippen LogP contribution in [-0.4, -0.2) is 40.9 Å². The van der Waals surface area contributed by atoms with Crippen molar-refractivity contribution in [1.29, 1.82) is 0 Å². The van der Waals surface area contributed by atoms with Crippen LogP contribution in [0.25, 0.3) is 0 Å². The molecular weight excluding hydrogens is 356 g/mol. The molecule has 6 heteroatoms. The summed E-state index contributed by atoms with van der Waals surface area (Å²) in [6.07, 6.45) is 15.0. The summed E-state index contributed by atoms with van der Waals surface area (Å²) < 4.78 is 4.95. The lowest BCUT2D eigenvalue weighted by Gasteiger charge is -2.30. The van der Waals surface area contributed by atoms with E-state index in [4.69, 9.17) is 9.84 Å².